The number of nitrogens with one attached hydrogen (secondary N) is 2. The molecule has 2 heterocycles. The van der Waals surface area contributed by atoms with Crippen molar-refractivity contribution in [2.75, 3.05) is 40.3 Å². The number of urea groups is 1. The van der Waals surface area contributed by atoms with Crippen LogP contribution in [0.15, 0.2) is 24.4 Å². The van der Waals surface area contributed by atoms with Crippen molar-refractivity contribution >= 4 is 16.9 Å². The molecule has 24 heavy (non-hydrogen) atoms. The first-order valence-corrected chi connectivity index (χ1v) is 8.79. The van der Waals surface area contributed by atoms with Gasteiger partial charge in [-0.3, -0.25) is 0 Å². The number of rotatable bonds is 4. The first-order chi connectivity index (χ1) is 11.5. The van der Waals surface area contributed by atoms with Crippen LogP contribution in [0.3, 0.4) is 0 Å². The molecule has 130 valence electrons. The Morgan fingerprint density at radius 1 is 1.33 bits per heavy atom. The predicted molar refractivity (Wildman–Crippen MR) is 98.5 cm³/mol. The highest BCUT2D eigenvalue weighted by molar-refractivity contribution is 5.84. The van der Waals surface area contributed by atoms with Gasteiger partial charge >= 0.3 is 6.03 Å². The van der Waals surface area contributed by atoms with E-state index in [0.717, 1.165) is 19.6 Å². The van der Waals surface area contributed by atoms with Gasteiger partial charge in [-0.2, -0.15) is 0 Å². The van der Waals surface area contributed by atoms with E-state index >= 15 is 0 Å². The first kappa shape index (κ1) is 16.8. The van der Waals surface area contributed by atoms with Crippen molar-refractivity contribution < 1.29 is 4.79 Å². The fourth-order valence-electron chi connectivity index (χ4n) is 3.55. The number of carbonyl (C=O) groups is 1. The summed E-state index contributed by atoms with van der Waals surface area (Å²) >= 11 is 0. The fourth-order valence-corrected chi connectivity index (χ4v) is 3.55. The number of carbonyl (C=O) groups excluding carboxylic acids is 1. The zero-order valence-corrected chi connectivity index (χ0v) is 14.9. The van der Waals surface area contributed by atoms with Crippen molar-refractivity contribution in [2.24, 2.45) is 0 Å². The van der Waals surface area contributed by atoms with Crippen LogP contribution >= 0.6 is 0 Å². The lowest BCUT2D eigenvalue weighted by atomic mass is 9.89. The zero-order valence-electron chi connectivity index (χ0n) is 14.9. The molecular formula is C19H28N4O. The topological polar surface area (TPSA) is 51.4 Å². The number of H-pyrrole nitrogens is 1. The minimum atomic E-state index is -0.0148. The standard InChI is InChI=1S/C19H28N4O/c1-14-4-5-16-17(13-21-18(16)12-14)15-6-9-23(10-7-15)11-8-20-19(24)22(2)3/h4-5,12-13,15,21H,6-11H2,1-3H3,(H,20,24). The molecule has 1 aliphatic rings. The lowest BCUT2D eigenvalue weighted by Crippen LogP contribution is -2.42. The second-order valence-electron chi connectivity index (χ2n) is 7.04. The Bertz CT molecular complexity index is 698. The number of fused-ring (bicyclic) bond motifs is 1. The third kappa shape index (κ3) is 3.73. The summed E-state index contributed by atoms with van der Waals surface area (Å²) in [6, 6.07) is 6.66. The highest BCUT2D eigenvalue weighted by Crippen LogP contribution is 2.33. The van der Waals surface area contributed by atoms with E-state index in [4.69, 9.17) is 0 Å². The largest absolute Gasteiger partial charge is 0.361 e. The second kappa shape index (κ2) is 7.26. The van der Waals surface area contributed by atoms with Crippen LogP contribution in [-0.2, 0) is 0 Å². The van der Waals surface area contributed by atoms with Crippen molar-refractivity contribution in [3.63, 3.8) is 0 Å². The summed E-state index contributed by atoms with van der Waals surface area (Å²) in [5, 5.41) is 4.31. The molecule has 1 fully saturated rings. The van der Waals surface area contributed by atoms with Gasteiger partial charge in [0.1, 0.15) is 0 Å². The molecule has 1 aliphatic heterocycles. The number of likely N-dealkylation sites (tertiary alicyclic amines) is 1. The van der Waals surface area contributed by atoms with Crippen LogP contribution < -0.4 is 5.32 Å². The second-order valence-corrected chi connectivity index (χ2v) is 7.04. The van der Waals surface area contributed by atoms with Gasteiger partial charge in [-0.05, 0) is 56.0 Å². The lowest BCUT2D eigenvalue weighted by molar-refractivity contribution is 0.200. The molecule has 0 saturated carbocycles. The molecule has 5 nitrogen and oxygen atoms in total. The Morgan fingerprint density at radius 3 is 2.79 bits per heavy atom. The minimum Gasteiger partial charge on any atom is -0.361 e. The van der Waals surface area contributed by atoms with Crippen LogP contribution in [0.5, 0.6) is 0 Å². The van der Waals surface area contributed by atoms with Crippen LogP contribution in [0.4, 0.5) is 4.79 Å². The third-order valence-electron chi connectivity index (χ3n) is 5.01. The number of aromatic nitrogens is 1. The van der Waals surface area contributed by atoms with Crippen molar-refractivity contribution in [1.29, 1.82) is 0 Å². The Balaban J connectivity index is 1.52. The monoisotopic (exact) mass is 328 g/mol. The summed E-state index contributed by atoms with van der Waals surface area (Å²) < 4.78 is 0. The molecule has 2 N–H and O–H groups in total. The van der Waals surface area contributed by atoms with Gasteiger partial charge in [-0.25, -0.2) is 4.79 Å². The Kier molecular flexibility index (Phi) is 5.09. The summed E-state index contributed by atoms with van der Waals surface area (Å²) in [5.74, 6) is 0.633. The molecule has 0 unspecified atom stereocenters. The summed E-state index contributed by atoms with van der Waals surface area (Å²) in [4.78, 5) is 19.0. The van der Waals surface area contributed by atoms with Gasteiger partial charge in [0, 0.05) is 44.3 Å². The van der Waals surface area contributed by atoms with E-state index in [9.17, 15) is 4.79 Å². The quantitative estimate of drug-likeness (QED) is 0.907. The van der Waals surface area contributed by atoms with Crippen molar-refractivity contribution in [2.45, 2.75) is 25.7 Å². The van der Waals surface area contributed by atoms with Gasteiger partial charge in [0.25, 0.3) is 0 Å². The molecule has 1 saturated heterocycles. The molecule has 0 spiro atoms. The molecule has 3 rings (SSSR count). The Labute approximate surface area is 144 Å². The number of nitrogens with zero attached hydrogens (tertiary/aromatic N) is 2. The zero-order chi connectivity index (χ0) is 17.1. The number of piperidine rings is 1. The highest BCUT2D eigenvalue weighted by Gasteiger charge is 2.22. The van der Waals surface area contributed by atoms with E-state index in [2.05, 4.69) is 46.5 Å². The van der Waals surface area contributed by atoms with Crippen LogP contribution in [0.2, 0.25) is 0 Å². The third-order valence-corrected chi connectivity index (χ3v) is 5.01. The maximum Gasteiger partial charge on any atom is 0.316 e. The van der Waals surface area contributed by atoms with Gasteiger partial charge in [-0.1, -0.05) is 12.1 Å². The summed E-state index contributed by atoms with van der Waals surface area (Å²) in [5.41, 5.74) is 4.01. The van der Waals surface area contributed by atoms with Gasteiger partial charge in [0.2, 0.25) is 0 Å². The maximum absolute atomic E-state index is 11.5. The smallest absolute Gasteiger partial charge is 0.316 e. The SMILES string of the molecule is Cc1ccc2c(C3CCN(CCNC(=O)N(C)C)CC3)c[nH]c2c1. The summed E-state index contributed by atoms with van der Waals surface area (Å²) in [6.07, 6.45) is 4.56. The number of hydrogen-bond donors (Lipinski definition) is 2. The normalized spacial score (nSPS) is 16.5. The van der Waals surface area contributed by atoms with Crippen molar-refractivity contribution in [1.82, 2.24) is 20.1 Å². The molecule has 1 aromatic carbocycles. The fraction of sp³-hybridized carbons (Fsp3) is 0.526. The van der Waals surface area contributed by atoms with Crippen LogP contribution in [0, 0.1) is 6.92 Å². The molecule has 0 radical (unpaired) electrons. The molecule has 2 aromatic rings. The van der Waals surface area contributed by atoms with E-state index in [-0.39, 0.29) is 6.03 Å². The average Bonchev–Trinajstić information content (AvgIpc) is 2.98. The van der Waals surface area contributed by atoms with Crippen LogP contribution in [0.1, 0.15) is 29.9 Å². The van der Waals surface area contributed by atoms with Gasteiger partial charge < -0.3 is 20.1 Å². The molecule has 5 heteroatoms. The molecule has 0 aliphatic carbocycles. The van der Waals surface area contributed by atoms with Crippen molar-refractivity contribution in [3.8, 4) is 0 Å². The van der Waals surface area contributed by atoms with Gasteiger partial charge in [-0.15, -0.1) is 0 Å². The number of aryl methyl sites for hydroxylation is 1. The van der Waals surface area contributed by atoms with E-state index < -0.39 is 0 Å². The predicted octanol–water partition coefficient (Wildman–Crippen LogP) is 2.93. The Hall–Kier alpha value is -2.01. The number of aromatic amines is 1. The van der Waals surface area contributed by atoms with E-state index in [1.807, 2.05) is 0 Å². The number of amides is 2. The molecule has 1 aromatic heterocycles. The van der Waals surface area contributed by atoms with Crippen LogP contribution in [-0.4, -0.2) is 61.1 Å². The van der Waals surface area contributed by atoms with Gasteiger partial charge in [0.05, 0.1) is 0 Å². The van der Waals surface area contributed by atoms with Gasteiger partial charge in [0.15, 0.2) is 0 Å². The highest BCUT2D eigenvalue weighted by atomic mass is 16.2. The van der Waals surface area contributed by atoms with Crippen LogP contribution in [0.25, 0.3) is 10.9 Å². The number of hydrogen-bond acceptors (Lipinski definition) is 2. The first-order valence-electron chi connectivity index (χ1n) is 8.79. The van der Waals surface area contributed by atoms with Crippen molar-refractivity contribution in [3.05, 3.63) is 35.5 Å². The Morgan fingerprint density at radius 2 is 2.08 bits per heavy atom. The van der Waals surface area contributed by atoms with E-state index in [1.165, 1.54) is 34.9 Å². The summed E-state index contributed by atoms with van der Waals surface area (Å²) in [7, 11) is 3.53. The molecule has 0 atom stereocenters. The summed E-state index contributed by atoms with van der Waals surface area (Å²) in [6.45, 7) is 5.98. The molecule has 0 bridgehead atoms. The molecular weight excluding hydrogens is 300 g/mol. The maximum atomic E-state index is 11.5. The van der Waals surface area contributed by atoms with E-state index in [1.54, 1.807) is 19.0 Å². The van der Waals surface area contributed by atoms with E-state index in [0.29, 0.717) is 12.5 Å². The molecule has 2 amide bonds. The minimum absolute atomic E-state index is 0.0148. The average molecular weight is 328 g/mol. The number of benzene rings is 1. The lowest BCUT2D eigenvalue weighted by Gasteiger charge is -2.32.